The molecule has 140 valence electrons. The van der Waals surface area contributed by atoms with Crippen molar-refractivity contribution in [2.45, 2.75) is 53.6 Å². The Balaban J connectivity index is 5.19. The summed E-state index contributed by atoms with van der Waals surface area (Å²) in [6.07, 6.45) is -0.800. The highest BCUT2D eigenvalue weighted by atomic mass is 16.5. The van der Waals surface area contributed by atoms with Crippen LogP contribution in [-0.4, -0.2) is 69.9 Å². The molecule has 0 saturated heterocycles. The van der Waals surface area contributed by atoms with Gasteiger partial charge in [-0.25, -0.2) is 14.5 Å². The number of nitrogens with zero attached hydrogens (tertiary/aromatic N) is 3. The Bertz CT molecular complexity index is 457. The van der Waals surface area contributed by atoms with E-state index in [0.717, 1.165) is 4.90 Å². The van der Waals surface area contributed by atoms with E-state index in [1.807, 2.05) is 34.6 Å². The molecule has 8 nitrogen and oxygen atoms in total. The van der Waals surface area contributed by atoms with Gasteiger partial charge in [-0.15, -0.1) is 5.06 Å². The molecule has 0 saturated carbocycles. The summed E-state index contributed by atoms with van der Waals surface area (Å²) in [4.78, 5) is 38.5. The predicted molar refractivity (Wildman–Crippen MR) is 89.4 cm³/mol. The summed E-state index contributed by atoms with van der Waals surface area (Å²) < 4.78 is 0. The van der Waals surface area contributed by atoms with E-state index in [1.165, 1.54) is 19.0 Å². The summed E-state index contributed by atoms with van der Waals surface area (Å²) in [5, 5.41) is 19.5. The molecule has 1 atom stereocenters. The second kappa shape index (κ2) is 8.98. The fourth-order valence-electron chi connectivity index (χ4n) is 1.90. The first kappa shape index (κ1) is 22.3. The van der Waals surface area contributed by atoms with E-state index in [9.17, 15) is 24.7 Å². The Morgan fingerprint density at radius 3 is 1.88 bits per heavy atom. The molecule has 0 rings (SSSR count). The van der Waals surface area contributed by atoms with Crippen molar-refractivity contribution in [2.75, 3.05) is 20.6 Å². The molecule has 8 heteroatoms. The molecule has 0 heterocycles. The first-order chi connectivity index (χ1) is 10.8. The molecule has 0 bridgehead atoms. The summed E-state index contributed by atoms with van der Waals surface area (Å²) >= 11 is 0. The lowest BCUT2D eigenvalue weighted by Gasteiger charge is -2.32. The SMILES string of the molecule is CC(C)CC[C@H](O)C(=O)N(O)C(=O)N(CC(C)(C)C)C(=O)N(C)C. The van der Waals surface area contributed by atoms with Crippen molar-refractivity contribution in [2.24, 2.45) is 11.3 Å². The summed E-state index contributed by atoms with van der Waals surface area (Å²) in [6, 6.07) is -1.82. The Morgan fingerprint density at radius 2 is 1.50 bits per heavy atom. The van der Waals surface area contributed by atoms with Crippen molar-refractivity contribution in [3.63, 3.8) is 0 Å². The van der Waals surface area contributed by atoms with Gasteiger partial charge in [-0.2, -0.15) is 0 Å². The maximum atomic E-state index is 12.4. The van der Waals surface area contributed by atoms with Crippen molar-refractivity contribution in [3.8, 4) is 0 Å². The molecule has 0 aliphatic heterocycles. The van der Waals surface area contributed by atoms with E-state index in [1.54, 1.807) is 0 Å². The van der Waals surface area contributed by atoms with Crippen LogP contribution in [0.15, 0.2) is 0 Å². The van der Waals surface area contributed by atoms with Crippen molar-refractivity contribution < 1.29 is 24.7 Å². The van der Waals surface area contributed by atoms with Gasteiger partial charge >= 0.3 is 12.1 Å². The molecule has 0 fully saturated rings. The quantitative estimate of drug-likeness (QED) is 0.587. The Kier molecular flexibility index (Phi) is 8.36. The molecule has 0 aliphatic rings. The molecular formula is C16H31N3O5. The van der Waals surface area contributed by atoms with E-state index in [4.69, 9.17) is 0 Å². The average Bonchev–Trinajstić information content (AvgIpc) is 2.46. The lowest BCUT2D eigenvalue weighted by molar-refractivity contribution is -0.164. The van der Waals surface area contributed by atoms with Crippen LogP contribution in [0.2, 0.25) is 0 Å². The fraction of sp³-hybridized carbons (Fsp3) is 0.812. The standard InChI is InChI=1S/C16H31N3O5/c1-11(2)8-9-12(20)13(21)19(24)15(23)18(10-16(3,4)5)14(22)17(6)7/h11-12,20,24H,8-10H2,1-7H3/t12-/m0/s1. The normalized spacial score (nSPS) is 12.8. The van der Waals surface area contributed by atoms with Crippen LogP contribution in [0.4, 0.5) is 9.59 Å². The number of carbonyl (C=O) groups is 3. The number of urea groups is 2. The minimum absolute atomic E-state index is 0.00920. The van der Waals surface area contributed by atoms with Crippen LogP contribution in [0.3, 0.4) is 0 Å². The maximum Gasteiger partial charge on any atom is 0.359 e. The van der Waals surface area contributed by atoms with Crippen LogP contribution >= 0.6 is 0 Å². The van der Waals surface area contributed by atoms with E-state index in [0.29, 0.717) is 6.42 Å². The lowest BCUT2D eigenvalue weighted by Crippen LogP contribution is -2.54. The fourth-order valence-corrected chi connectivity index (χ4v) is 1.90. The third-order valence-corrected chi connectivity index (χ3v) is 3.17. The first-order valence-electron chi connectivity index (χ1n) is 8.01. The van der Waals surface area contributed by atoms with E-state index in [2.05, 4.69) is 0 Å². The highest BCUT2D eigenvalue weighted by molar-refractivity contribution is 6.01. The zero-order valence-corrected chi connectivity index (χ0v) is 15.7. The third kappa shape index (κ3) is 7.27. The Morgan fingerprint density at radius 1 is 1.00 bits per heavy atom. The van der Waals surface area contributed by atoms with E-state index >= 15 is 0 Å². The largest absolute Gasteiger partial charge is 0.383 e. The smallest absolute Gasteiger partial charge is 0.359 e. The third-order valence-electron chi connectivity index (χ3n) is 3.17. The van der Waals surface area contributed by atoms with Gasteiger partial charge in [0.05, 0.1) is 0 Å². The van der Waals surface area contributed by atoms with Crippen molar-refractivity contribution in [1.29, 1.82) is 0 Å². The Labute approximate surface area is 144 Å². The zero-order chi connectivity index (χ0) is 19.2. The van der Waals surface area contributed by atoms with E-state index in [-0.39, 0.29) is 23.9 Å². The molecule has 0 spiro atoms. The molecule has 0 aliphatic carbocycles. The second-order valence-corrected chi connectivity index (χ2v) is 7.74. The van der Waals surface area contributed by atoms with Gasteiger partial charge in [0.1, 0.15) is 6.10 Å². The molecule has 0 aromatic rings. The topological polar surface area (TPSA) is 101 Å². The van der Waals surface area contributed by atoms with Gasteiger partial charge in [0.15, 0.2) is 0 Å². The average molecular weight is 345 g/mol. The first-order valence-corrected chi connectivity index (χ1v) is 8.01. The van der Waals surface area contributed by atoms with Crippen LogP contribution in [0, 0.1) is 11.3 Å². The highest BCUT2D eigenvalue weighted by Gasteiger charge is 2.35. The van der Waals surface area contributed by atoms with Gasteiger partial charge in [0, 0.05) is 20.6 Å². The number of carbonyl (C=O) groups excluding carboxylic acids is 3. The molecule has 0 radical (unpaired) electrons. The number of hydrogen-bond donors (Lipinski definition) is 2. The van der Waals surface area contributed by atoms with Crippen LogP contribution in [-0.2, 0) is 4.79 Å². The summed E-state index contributed by atoms with van der Waals surface area (Å²) in [5.74, 6) is -0.867. The van der Waals surface area contributed by atoms with Crippen LogP contribution in [0.1, 0.15) is 47.5 Å². The van der Waals surface area contributed by atoms with E-state index < -0.39 is 29.5 Å². The minimum Gasteiger partial charge on any atom is -0.383 e. The van der Waals surface area contributed by atoms with Crippen LogP contribution in [0.5, 0.6) is 0 Å². The number of aliphatic hydroxyl groups is 1. The monoisotopic (exact) mass is 345 g/mol. The molecule has 0 unspecified atom stereocenters. The molecule has 0 aromatic heterocycles. The summed E-state index contributed by atoms with van der Waals surface area (Å²) in [6.45, 7) is 9.32. The maximum absolute atomic E-state index is 12.4. The number of rotatable bonds is 5. The van der Waals surface area contributed by atoms with Crippen molar-refractivity contribution in [1.82, 2.24) is 14.9 Å². The predicted octanol–water partition coefficient (Wildman–Crippen LogP) is 2.15. The number of hydroxylamine groups is 2. The van der Waals surface area contributed by atoms with Crippen molar-refractivity contribution >= 4 is 18.0 Å². The van der Waals surface area contributed by atoms with Gasteiger partial charge < -0.3 is 10.0 Å². The number of aliphatic hydroxyl groups excluding tert-OH is 1. The van der Waals surface area contributed by atoms with Crippen LogP contribution < -0.4 is 0 Å². The highest BCUT2D eigenvalue weighted by Crippen LogP contribution is 2.18. The Hall–Kier alpha value is -1.67. The minimum atomic E-state index is -1.49. The molecule has 24 heavy (non-hydrogen) atoms. The van der Waals surface area contributed by atoms with Gasteiger partial charge in [-0.05, 0) is 24.2 Å². The lowest BCUT2D eigenvalue weighted by atomic mass is 9.96. The number of imide groups is 2. The number of hydrogen-bond acceptors (Lipinski definition) is 5. The second-order valence-electron chi connectivity index (χ2n) is 7.74. The molecule has 0 aromatic carbocycles. The molecule has 2 N–H and O–H groups in total. The summed E-state index contributed by atoms with van der Waals surface area (Å²) in [7, 11) is 2.93. The van der Waals surface area contributed by atoms with Gasteiger partial charge in [-0.3, -0.25) is 10.0 Å². The van der Waals surface area contributed by atoms with Crippen molar-refractivity contribution in [3.05, 3.63) is 0 Å². The van der Waals surface area contributed by atoms with Gasteiger partial charge in [-0.1, -0.05) is 34.6 Å². The molecule has 5 amide bonds. The summed E-state index contributed by atoms with van der Waals surface area (Å²) in [5.41, 5.74) is -0.429. The van der Waals surface area contributed by atoms with Gasteiger partial charge in [0.25, 0.3) is 5.91 Å². The van der Waals surface area contributed by atoms with Crippen LogP contribution in [0.25, 0.3) is 0 Å². The number of amides is 5. The zero-order valence-electron chi connectivity index (χ0n) is 15.7. The van der Waals surface area contributed by atoms with Gasteiger partial charge in [0.2, 0.25) is 0 Å². The molecular weight excluding hydrogens is 314 g/mol.